The third kappa shape index (κ3) is 4.28. The number of likely N-dealkylation sites (tertiary alicyclic amines) is 1. The van der Waals surface area contributed by atoms with Crippen molar-refractivity contribution in [2.24, 2.45) is 7.05 Å². The molecule has 1 N–H and O–H groups in total. The van der Waals surface area contributed by atoms with E-state index in [4.69, 9.17) is 0 Å². The minimum Gasteiger partial charge on any atom is -0.379 e. The number of hydrogen-bond donors (Lipinski definition) is 1. The first kappa shape index (κ1) is 18.5. The smallest absolute Gasteiger partial charge is 0.255 e. The van der Waals surface area contributed by atoms with Crippen LogP contribution >= 0.6 is 0 Å². The van der Waals surface area contributed by atoms with Crippen molar-refractivity contribution in [3.8, 4) is 0 Å². The van der Waals surface area contributed by atoms with E-state index in [1.165, 1.54) is 5.56 Å². The maximum Gasteiger partial charge on any atom is 0.255 e. The van der Waals surface area contributed by atoms with Crippen LogP contribution in [0.4, 0.5) is 0 Å². The van der Waals surface area contributed by atoms with Crippen LogP contribution in [-0.2, 0) is 24.8 Å². The molecule has 1 aromatic carbocycles. The largest absolute Gasteiger partial charge is 0.379 e. The van der Waals surface area contributed by atoms with E-state index in [2.05, 4.69) is 22.3 Å². The van der Waals surface area contributed by atoms with Gasteiger partial charge in [0, 0.05) is 26.7 Å². The lowest BCUT2D eigenvalue weighted by atomic mass is 9.91. The van der Waals surface area contributed by atoms with Crippen LogP contribution in [0.5, 0.6) is 0 Å². The molecule has 0 saturated carbocycles. The zero-order valence-electron chi connectivity index (χ0n) is 15.5. The van der Waals surface area contributed by atoms with E-state index in [1.54, 1.807) is 11.2 Å². The number of aromatic nitrogens is 3. The van der Waals surface area contributed by atoms with Crippen LogP contribution in [0.3, 0.4) is 0 Å². The minimum absolute atomic E-state index is 0.163. The number of hydrogen-bond acceptors (Lipinski definition) is 5. The summed E-state index contributed by atoms with van der Waals surface area (Å²) in [6.45, 7) is 2.18. The third-order valence-corrected chi connectivity index (χ3v) is 4.96. The van der Waals surface area contributed by atoms with Crippen molar-refractivity contribution in [3.05, 3.63) is 48.0 Å². The number of rotatable bonds is 7. The topological polar surface area (TPSA) is 74.5 Å². The number of nitrogens with zero attached hydrogens (tertiary/aromatic N) is 5. The van der Waals surface area contributed by atoms with Crippen LogP contribution in [0.15, 0.2) is 36.7 Å². The lowest BCUT2D eigenvalue weighted by Crippen LogP contribution is -2.58. The van der Waals surface area contributed by atoms with Gasteiger partial charge in [0.2, 0.25) is 0 Å². The Morgan fingerprint density at radius 1 is 1.31 bits per heavy atom. The number of likely N-dealkylation sites (N-methyl/N-ethyl adjacent to an activating group) is 1. The van der Waals surface area contributed by atoms with Gasteiger partial charge in [0.05, 0.1) is 6.54 Å². The maximum atomic E-state index is 12.9. The van der Waals surface area contributed by atoms with Gasteiger partial charge in [-0.3, -0.25) is 9.69 Å². The van der Waals surface area contributed by atoms with Gasteiger partial charge in [0.15, 0.2) is 5.60 Å². The van der Waals surface area contributed by atoms with Gasteiger partial charge in [0.25, 0.3) is 5.91 Å². The molecule has 140 valence electrons. The van der Waals surface area contributed by atoms with Gasteiger partial charge < -0.3 is 14.6 Å². The van der Waals surface area contributed by atoms with Crippen molar-refractivity contribution in [3.63, 3.8) is 0 Å². The third-order valence-electron chi connectivity index (χ3n) is 4.96. The average molecular weight is 357 g/mol. The molecule has 0 aliphatic carbocycles. The maximum absolute atomic E-state index is 12.9. The second-order valence-corrected chi connectivity index (χ2v) is 7.19. The summed E-state index contributed by atoms with van der Waals surface area (Å²) in [5, 5.41) is 18.9. The highest BCUT2D eigenvalue weighted by molar-refractivity contribution is 5.86. The van der Waals surface area contributed by atoms with Gasteiger partial charge in [-0.05, 0) is 31.9 Å². The number of aryl methyl sites for hydroxylation is 1. The first-order valence-electron chi connectivity index (χ1n) is 9.05. The Morgan fingerprint density at radius 3 is 2.77 bits per heavy atom. The highest BCUT2D eigenvalue weighted by atomic mass is 16.3. The van der Waals surface area contributed by atoms with Gasteiger partial charge in [-0.25, -0.2) is 0 Å². The summed E-state index contributed by atoms with van der Waals surface area (Å²) in [6, 6.07) is 10.1. The molecule has 0 bridgehead atoms. The molecule has 2 aromatic rings. The van der Waals surface area contributed by atoms with Crippen molar-refractivity contribution in [1.29, 1.82) is 0 Å². The molecule has 1 fully saturated rings. The molecule has 26 heavy (non-hydrogen) atoms. The zero-order chi connectivity index (χ0) is 18.6. The summed E-state index contributed by atoms with van der Waals surface area (Å²) in [5.41, 5.74) is -0.128. The van der Waals surface area contributed by atoms with Crippen LogP contribution in [0.25, 0.3) is 0 Å². The van der Waals surface area contributed by atoms with Crippen molar-refractivity contribution in [1.82, 2.24) is 24.6 Å². The minimum atomic E-state index is -1.33. The van der Waals surface area contributed by atoms with Crippen molar-refractivity contribution >= 4 is 5.91 Å². The Bertz CT molecular complexity index is 733. The Balaban J connectivity index is 1.59. The van der Waals surface area contributed by atoms with E-state index in [-0.39, 0.29) is 5.91 Å². The molecule has 7 nitrogen and oxygen atoms in total. The number of carbonyl (C=O) groups excluding carboxylic acids is 1. The molecule has 1 atom stereocenters. The lowest BCUT2D eigenvalue weighted by Gasteiger charge is -2.40. The Morgan fingerprint density at radius 2 is 2.08 bits per heavy atom. The van der Waals surface area contributed by atoms with Gasteiger partial charge in [-0.2, -0.15) is 0 Å². The fourth-order valence-corrected chi connectivity index (χ4v) is 3.53. The number of benzene rings is 1. The normalized spacial score (nSPS) is 20.8. The molecule has 0 unspecified atom stereocenters. The molecule has 1 aromatic heterocycles. The fraction of sp³-hybridized carbons (Fsp3) is 0.526. The molecule has 2 heterocycles. The molecule has 3 rings (SSSR count). The van der Waals surface area contributed by atoms with Gasteiger partial charge in [-0.15, -0.1) is 10.2 Å². The highest BCUT2D eigenvalue weighted by Gasteiger charge is 2.42. The van der Waals surface area contributed by atoms with E-state index in [0.717, 1.165) is 18.7 Å². The van der Waals surface area contributed by atoms with Crippen LogP contribution in [-0.4, -0.2) is 67.9 Å². The Labute approximate surface area is 154 Å². The number of amides is 1. The SMILES string of the molecule is CN(Cc1nncn1C)C[C@]1(O)CCCN(CCc2ccccc2)C1=O. The molecule has 0 spiro atoms. The summed E-state index contributed by atoms with van der Waals surface area (Å²) < 4.78 is 1.84. The second-order valence-electron chi connectivity index (χ2n) is 7.19. The van der Waals surface area contributed by atoms with Gasteiger partial charge >= 0.3 is 0 Å². The number of carbonyl (C=O) groups is 1. The summed E-state index contributed by atoms with van der Waals surface area (Å²) in [7, 11) is 3.78. The average Bonchev–Trinajstić information content (AvgIpc) is 3.02. The van der Waals surface area contributed by atoms with Crippen LogP contribution in [0.2, 0.25) is 0 Å². The molecular formula is C19H27N5O2. The van der Waals surface area contributed by atoms with Crippen LogP contribution in [0.1, 0.15) is 24.2 Å². The molecule has 0 radical (unpaired) electrons. The first-order valence-corrected chi connectivity index (χ1v) is 9.05. The van der Waals surface area contributed by atoms with Crippen LogP contribution in [0, 0.1) is 0 Å². The summed E-state index contributed by atoms with van der Waals surface area (Å²) >= 11 is 0. The van der Waals surface area contributed by atoms with Gasteiger partial charge in [0.1, 0.15) is 12.2 Å². The number of aliphatic hydroxyl groups is 1. The molecular weight excluding hydrogens is 330 g/mol. The van der Waals surface area contributed by atoms with Gasteiger partial charge in [-0.1, -0.05) is 30.3 Å². The quantitative estimate of drug-likeness (QED) is 0.795. The summed E-state index contributed by atoms with van der Waals surface area (Å²) in [4.78, 5) is 16.6. The summed E-state index contributed by atoms with van der Waals surface area (Å²) in [6.07, 6.45) is 3.76. The summed E-state index contributed by atoms with van der Waals surface area (Å²) in [5.74, 6) is 0.643. The first-order chi connectivity index (χ1) is 12.5. The molecule has 7 heteroatoms. The fourth-order valence-electron chi connectivity index (χ4n) is 3.53. The zero-order valence-corrected chi connectivity index (χ0v) is 15.5. The highest BCUT2D eigenvalue weighted by Crippen LogP contribution is 2.24. The van der Waals surface area contributed by atoms with E-state index in [1.807, 2.05) is 41.8 Å². The molecule has 1 saturated heterocycles. The van der Waals surface area contributed by atoms with E-state index < -0.39 is 5.60 Å². The predicted molar refractivity (Wildman–Crippen MR) is 98.2 cm³/mol. The van der Waals surface area contributed by atoms with Crippen molar-refractivity contribution in [2.75, 3.05) is 26.7 Å². The molecule has 1 amide bonds. The Hall–Kier alpha value is -2.25. The van der Waals surface area contributed by atoms with Crippen molar-refractivity contribution in [2.45, 2.75) is 31.4 Å². The van der Waals surface area contributed by atoms with Crippen molar-refractivity contribution < 1.29 is 9.90 Å². The van der Waals surface area contributed by atoms with Crippen LogP contribution < -0.4 is 0 Å². The standard InChI is InChI=1S/C19H27N5O2/c1-22(13-17-21-20-15-23(17)2)14-19(26)10-6-11-24(18(19)25)12-9-16-7-4-3-5-8-16/h3-5,7-8,15,26H,6,9-14H2,1-2H3/t19-/m1/s1. The molecule has 1 aliphatic heterocycles. The number of piperidine rings is 1. The molecule has 1 aliphatic rings. The Kier molecular flexibility index (Phi) is 5.68. The lowest BCUT2D eigenvalue weighted by molar-refractivity contribution is -0.159. The van der Waals surface area contributed by atoms with E-state index >= 15 is 0 Å². The second kappa shape index (κ2) is 7.97. The van der Waals surface area contributed by atoms with E-state index in [9.17, 15) is 9.90 Å². The predicted octanol–water partition coefficient (Wildman–Crippen LogP) is 0.843. The monoisotopic (exact) mass is 357 g/mol. The van der Waals surface area contributed by atoms with E-state index in [0.29, 0.717) is 32.6 Å².